The molecule has 0 aliphatic carbocycles. The molecule has 0 bridgehead atoms. The lowest BCUT2D eigenvalue weighted by Gasteiger charge is -2.16. The summed E-state index contributed by atoms with van der Waals surface area (Å²) in [4.78, 5) is 13.6. The number of hydrogen-bond acceptors (Lipinski definition) is 3. The van der Waals surface area contributed by atoms with Crippen LogP contribution in [0.5, 0.6) is 0 Å². The Hall–Kier alpha value is -0.430. The van der Waals surface area contributed by atoms with Gasteiger partial charge in [0.1, 0.15) is 0 Å². The highest BCUT2D eigenvalue weighted by Crippen LogP contribution is 2.24. The number of aliphatic hydroxyl groups is 2. The minimum Gasteiger partial charge on any atom is -0.388 e. The van der Waals surface area contributed by atoms with Crippen molar-refractivity contribution < 1.29 is 15.0 Å². The van der Waals surface area contributed by atoms with Crippen LogP contribution in [0.3, 0.4) is 0 Å². The molecule has 4 nitrogen and oxygen atoms in total. The van der Waals surface area contributed by atoms with Gasteiger partial charge in [-0.05, 0) is 34.1 Å². The number of benzene rings is 1. The fourth-order valence-corrected chi connectivity index (χ4v) is 2.54. The second-order valence-corrected chi connectivity index (χ2v) is 5.74. The van der Waals surface area contributed by atoms with Crippen LogP contribution in [0.2, 0.25) is 0 Å². The van der Waals surface area contributed by atoms with Gasteiger partial charge in [-0.2, -0.15) is 0 Å². The molecule has 1 saturated heterocycles. The maximum absolute atomic E-state index is 12.2. The molecule has 2 N–H and O–H groups in total. The molecule has 0 radical (unpaired) electrons. The number of amides is 1. The minimum absolute atomic E-state index is 0.166. The second-order valence-electron chi connectivity index (χ2n) is 3.97. The number of rotatable bonds is 1. The van der Waals surface area contributed by atoms with Gasteiger partial charge in [-0.15, -0.1) is 0 Å². The summed E-state index contributed by atoms with van der Waals surface area (Å²) in [5.41, 5.74) is 0.515. The van der Waals surface area contributed by atoms with Gasteiger partial charge in [0.25, 0.3) is 5.91 Å². The lowest BCUT2D eigenvalue weighted by molar-refractivity contribution is 0.0572. The first-order valence-corrected chi connectivity index (χ1v) is 6.68. The summed E-state index contributed by atoms with van der Waals surface area (Å²) in [5.74, 6) is -0.200. The van der Waals surface area contributed by atoms with Crippen LogP contribution >= 0.6 is 31.9 Å². The average Bonchev–Trinajstić information content (AvgIpc) is 2.62. The van der Waals surface area contributed by atoms with Crippen molar-refractivity contribution in [1.82, 2.24) is 4.90 Å². The summed E-state index contributed by atoms with van der Waals surface area (Å²) in [6.45, 7) is 0.331. The van der Waals surface area contributed by atoms with Crippen molar-refractivity contribution in [2.24, 2.45) is 0 Å². The van der Waals surface area contributed by atoms with Gasteiger partial charge in [0.2, 0.25) is 0 Å². The van der Waals surface area contributed by atoms with Gasteiger partial charge in [0.15, 0.2) is 0 Å². The first-order chi connectivity index (χ1) is 7.99. The van der Waals surface area contributed by atoms with Gasteiger partial charge < -0.3 is 15.1 Å². The molecule has 1 fully saturated rings. The summed E-state index contributed by atoms with van der Waals surface area (Å²) in [5, 5.41) is 18.8. The van der Waals surface area contributed by atoms with Crippen LogP contribution in [-0.4, -0.2) is 46.3 Å². The number of carbonyl (C=O) groups excluding carboxylic acids is 1. The molecule has 2 rings (SSSR count). The SMILES string of the molecule is O=C(c1cc(Br)ccc1Br)N1C[C@@H](O)[C@@H](O)C1. The number of hydrogen-bond donors (Lipinski definition) is 2. The Morgan fingerprint density at radius 2 is 1.82 bits per heavy atom. The van der Waals surface area contributed by atoms with Gasteiger partial charge in [0, 0.05) is 22.0 Å². The third kappa shape index (κ3) is 2.70. The van der Waals surface area contributed by atoms with Crippen molar-refractivity contribution in [3.05, 3.63) is 32.7 Å². The molecular weight excluding hydrogens is 354 g/mol. The number of carbonyl (C=O) groups is 1. The number of halogens is 2. The molecule has 0 saturated carbocycles. The number of β-amino-alcohol motifs (C(OH)–C–C–N with tert-alkyl or cyclic N) is 2. The topological polar surface area (TPSA) is 60.8 Å². The average molecular weight is 365 g/mol. The highest BCUT2D eigenvalue weighted by atomic mass is 79.9. The third-order valence-corrected chi connectivity index (χ3v) is 3.89. The van der Waals surface area contributed by atoms with E-state index >= 15 is 0 Å². The standard InChI is InChI=1S/C11H11Br2NO3/c12-6-1-2-8(13)7(3-6)11(17)14-4-9(15)10(16)5-14/h1-3,9-10,15-16H,4-5H2/t9-,10+. The van der Waals surface area contributed by atoms with Gasteiger partial charge in [0.05, 0.1) is 17.8 Å². The van der Waals surface area contributed by atoms with Crippen molar-refractivity contribution in [1.29, 1.82) is 0 Å². The first-order valence-electron chi connectivity index (χ1n) is 5.09. The lowest BCUT2D eigenvalue weighted by Crippen LogP contribution is -2.30. The summed E-state index contributed by atoms with van der Waals surface area (Å²) in [7, 11) is 0. The van der Waals surface area contributed by atoms with E-state index in [4.69, 9.17) is 0 Å². The van der Waals surface area contributed by atoms with E-state index in [1.54, 1.807) is 12.1 Å². The quantitative estimate of drug-likeness (QED) is 0.791. The molecule has 1 aliphatic heterocycles. The maximum atomic E-state index is 12.2. The van der Waals surface area contributed by atoms with Crippen LogP contribution in [0.25, 0.3) is 0 Å². The smallest absolute Gasteiger partial charge is 0.255 e. The zero-order valence-corrected chi connectivity index (χ0v) is 12.0. The van der Waals surface area contributed by atoms with E-state index in [0.29, 0.717) is 10.0 Å². The van der Waals surface area contributed by atoms with Crippen molar-refractivity contribution in [2.45, 2.75) is 12.2 Å². The van der Waals surface area contributed by atoms with E-state index in [1.807, 2.05) is 6.07 Å². The summed E-state index contributed by atoms with van der Waals surface area (Å²) in [6, 6.07) is 5.32. The van der Waals surface area contributed by atoms with Gasteiger partial charge in [-0.25, -0.2) is 0 Å². The van der Waals surface area contributed by atoms with E-state index in [0.717, 1.165) is 4.47 Å². The van der Waals surface area contributed by atoms with Gasteiger partial charge in [-0.1, -0.05) is 15.9 Å². The third-order valence-electron chi connectivity index (χ3n) is 2.71. The molecule has 17 heavy (non-hydrogen) atoms. The van der Waals surface area contributed by atoms with Gasteiger partial charge in [-0.3, -0.25) is 4.79 Å². The summed E-state index contributed by atoms with van der Waals surface area (Å²) >= 11 is 6.62. The maximum Gasteiger partial charge on any atom is 0.255 e. The van der Waals surface area contributed by atoms with Gasteiger partial charge >= 0.3 is 0 Å². The van der Waals surface area contributed by atoms with Crippen molar-refractivity contribution in [2.75, 3.05) is 13.1 Å². The zero-order chi connectivity index (χ0) is 12.6. The van der Waals surface area contributed by atoms with E-state index in [-0.39, 0.29) is 19.0 Å². The largest absolute Gasteiger partial charge is 0.388 e. The zero-order valence-electron chi connectivity index (χ0n) is 8.81. The van der Waals surface area contributed by atoms with Crippen molar-refractivity contribution in [3.63, 3.8) is 0 Å². The monoisotopic (exact) mass is 363 g/mol. The molecule has 1 aromatic carbocycles. The van der Waals surface area contributed by atoms with Crippen LogP contribution in [0, 0.1) is 0 Å². The van der Waals surface area contributed by atoms with Crippen LogP contribution in [0.15, 0.2) is 27.1 Å². The van der Waals surface area contributed by atoms with E-state index < -0.39 is 12.2 Å². The molecule has 0 unspecified atom stereocenters. The fourth-order valence-electron chi connectivity index (χ4n) is 1.77. The van der Waals surface area contributed by atoms with Crippen LogP contribution in [0.1, 0.15) is 10.4 Å². The number of aliphatic hydroxyl groups excluding tert-OH is 2. The van der Waals surface area contributed by atoms with E-state index in [2.05, 4.69) is 31.9 Å². The lowest BCUT2D eigenvalue weighted by atomic mass is 10.2. The predicted molar refractivity (Wildman–Crippen MR) is 69.8 cm³/mol. The van der Waals surface area contributed by atoms with Crippen molar-refractivity contribution in [3.8, 4) is 0 Å². The summed E-state index contributed by atoms with van der Waals surface area (Å²) in [6.07, 6.45) is -1.71. The molecule has 0 aromatic heterocycles. The molecule has 1 aromatic rings. The van der Waals surface area contributed by atoms with E-state index in [1.165, 1.54) is 4.90 Å². The second kappa shape index (κ2) is 5.06. The molecule has 0 spiro atoms. The number of likely N-dealkylation sites (tertiary alicyclic amines) is 1. The first kappa shape index (κ1) is 13.0. The normalized spacial score (nSPS) is 24.1. The van der Waals surface area contributed by atoms with Crippen LogP contribution < -0.4 is 0 Å². The molecule has 1 amide bonds. The summed E-state index contributed by atoms with van der Waals surface area (Å²) < 4.78 is 1.51. The molecule has 92 valence electrons. The Kier molecular flexibility index (Phi) is 3.87. The number of nitrogens with zero attached hydrogens (tertiary/aromatic N) is 1. The Morgan fingerprint density at radius 3 is 2.41 bits per heavy atom. The Labute approximate surface area is 115 Å². The fraction of sp³-hybridized carbons (Fsp3) is 0.364. The highest BCUT2D eigenvalue weighted by molar-refractivity contribution is 9.11. The van der Waals surface area contributed by atoms with Crippen LogP contribution in [-0.2, 0) is 0 Å². The molecule has 1 heterocycles. The van der Waals surface area contributed by atoms with Crippen LogP contribution in [0.4, 0.5) is 0 Å². The molecular formula is C11H11Br2NO3. The van der Waals surface area contributed by atoms with E-state index in [9.17, 15) is 15.0 Å². The Bertz CT molecular complexity index is 442. The predicted octanol–water partition coefficient (Wildman–Crippen LogP) is 1.39. The Morgan fingerprint density at radius 1 is 1.24 bits per heavy atom. The molecule has 6 heteroatoms. The minimum atomic E-state index is -0.857. The molecule has 2 atom stereocenters. The molecule has 1 aliphatic rings. The highest BCUT2D eigenvalue weighted by Gasteiger charge is 2.33. The Balaban J connectivity index is 2.23. The van der Waals surface area contributed by atoms with Crippen molar-refractivity contribution >= 4 is 37.8 Å².